The first kappa shape index (κ1) is 11.9. The Hall–Kier alpha value is -1.22. The first-order chi connectivity index (χ1) is 7.15. The van der Waals surface area contributed by atoms with E-state index in [2.05, 4.69) is 6.92 Å². The Morgan fingerprint density at radius 2 is 1.80 bits per heavy atom. The second kappa shape index (κ2) is 5.61. The van der Waals surface area contributed by atoms with Crippen molar-refractivity contribution in [3.8, 4) is 5.75 Å². The minimum absolute atomic E-state index is 0.639. The molecule has 0 aliphatic heterocycles. The van der Waals surface area contributed by atoms with Gasteiger partial charge in [0.2, 0.25) is 0 Å². The summed E-state index contributed by atoms with van der Waals surface area (Å²) in [5.74, 6) is 0.772. The van der Waals surface area contributed by atoms with E-state index in [4.69, 9.17) is 15.2 Å². The van der Waals surface area contributed by atoms with Crippen LogP contribution < -0.4 is 10.5 Å². The molecule has 0 spiro atoms. The second-order valence-corrected chi connectivity index (χ2v) is 3.67. The van der Waals surface area contributed by atoms with Crippen LogP contribution in [-0.2, 0) is 4.74 Å². The molecule has 0 aliphatic carbocycles. The fraction of sp³-hybridized carbons (Fsp3) is 0.500. The summed E-state index contributed by atoms with van der Waals surface area (Å²) < 4.78 is 10.5. The third-order valence-corrected chi connectivity index (χ3v) is 2.38. The Labute approximate surface area is 91.2 Å². The van der Waals surface area contributed by atoms with E-state index in [-0.39, 0.29) is 0 Å². The van der Waals surface area contributed by atoms with Crippen LogP contribution in [0.4, 0.5) is 5.69 Å². The highest BCUT2D eigenvalue weighted by Gasteiger charge is 2.03. The molecule has 0 atom stereocenters. The van der Waals surface area contributed by atoms with Crippen molar-refractivity contribution in [1.82, 2.24) is 0 Å². The van der Waals surface area contributed by atoms with E-state index in [1.54, 1.807) is 7.11 Å². The molecule has 1 rings (SSSR count). The number of methoxy groups -OCH3 is 1. The zero-order valence-corrected chi connectivity index (χ0v) is 9.67. The molecule has 1 aromatic rings. The summed E-state index contributed by atoms with van der Waals surface area (Å²) in [5.41, 5.74) is 8.94. The molecular weight excluding hydrogens is 190 g/mol. The van der Waals surface area contributed by atoms with Crippen molar-refractivity contribution in [3.05, 3.63) is 23.3 Å². The lowest BCUT2D eigenvalue weighted by Crippen LogP contribution is -2.04. The number of aryl methyl sites for hydroxylation is 2. The standard InChI is InChI=1S/C12H19NO2/c1-9-7-11(13)12(8-10(9)2)15-6-4-5-14-3/h7-8H,4-6,13H2,1-3H3. The molecule has 15 heavy (non-hydrogen) atoms. The Bertz CT molecular complexity index is 324. The number of nitrogen functional groups attached to an aromatic ring is 1. The van der Waals surface area contributed by atoms with E-state index in [0.717, 1.165) is 12.2 Å². The molecule has 3 nitrogen and oxygen atoms in total. The Morgan fingerprint density at radius 1 is 1.13 bits per heavy atom. The third kappa shape index (κ3) is 3.44. The van der Waals surface area contributed by atoms with Crippen molar-refractivity contribution < 1.29 is 9.47 Å². The highest BCUT2D eigenvalue weighted by molar-refractivity contribution is 5.56. The minimum Gasteiger partial charge on any atom is -0.491 e. The fourth-order valence-corrected chi connectivity index (χ4v) is 1.32. The van der Waals surface area contributed by atoms with Crippen molar-refractivity contribution >= 4 is 5.69 Å². The van der Waals surface area contributed by atoms with Gasteiger partial charge in [-0.15, -0.1) is 0 Å². The summed E-state index contributed by atoms with van der Waals surface area (Å²) in [6, 6.07) is 3.93. The number of ether oxygens (including phenoxy) is 2. The van der Waals surface area contributed by atoms with Gasteiger partial charge in [0.05, 0.1) is 12.3 Å². The molecule has 0 aliphatic rings. The van der Waals surface area contributed by atoms with Gasteiger partial charge in [-0.25, -0.2) is 0 Å². The lowest BCUT2D eigenvalue weighted by atomic mass is 10.1. The molecule has 0 heterocycles. The molecular formula is C12H19NO2. The van der Waals surface area contributed by atoms with Gasteiger partial charge in [-0.2, -0.15) is 0 Å². The van der Waals surface area contributed by atoms with E-state index in [0.29, 0.717) is 18.9 Å². The fourth-order valence-electron chi connectivity index (χ4n) is 1.32. The average Bonchev–Trinajstić information content (AvgIpc) is 2.20. The van der Waals surface area contributed by atoms with Crippen molar-refractivity contribution in [3.63, 3.8) is 0 Å². The van der Waals surface area contributed by atoms with Gasteiger partial charge in [0, 0.05) is 20.1 Å². The Balaban J connectivity index is 2.57. The van der Waals surface area contributed by atoms with Gasteiger partial charge >= 0.3 is 0 Å². The lowest BCUT2D eigenvalue weighted by molar-refractivity contribution is 0.172. The van der Waals surface area contributed by atoms with Crippen molar-refractivity contribution in [2.75, 3.05) is 26.1 Å². The lowest BCUT2D eigenvalue weighted by Gasteiger charge is -2.11. The molecule has 3 heteroatoms. The van der Waals surface area contributed by atoms with Crippen LogP contribution in [0.5, 0.6) is 5.75 Å². The number of nitrogens with two attached hydrogens (primary N) is 1. The molecule has 84 valence electrons. The number of anilines is 1. The van der Waals surface area contributed by atoms with E-state index >= 15 is 0 Å². The topological polar surface area (TPSA) is 44.5 Å². The van der Waals surface area contributed by atoms with Gasteiger partial charge in [0.15, 0.2) is 0 Å². The molecule has 0 amide bonds. The maximum atomic E-state index is 5.85. The SMILES string of the molecule is COCCCOc1cc(C)c(C)cc1N. The molecule has 0 fully saturated rings. The molecule has 0 aromatic heterocycles. The highest BCUT2D eigenvalue weighted by atomic mass is 16.5. The monoisotopic (exact) mass is 209 g/mol. The zero-order valence-electron chi connectivity index (χ0n) is 9.67. The normalized spacial score (nSPS) is 10.3. The molecule has 1 aromatic carbocycles. The zero-order chi connectivity index (χ0) is 11.3. The predicted octanol–water partition coefficient (Wildman–Crippen LogP) is 2.30. The van der Waals surface area contributed by atoms with E-state index < -0.39 is 0 Å². The maximum Gasteiger partial charge on any atom is 0.142 e. The summed E-state index contributed by atoms with van der Waals surface area (Å²) in [7, 11) is 1.68. The highest BCUT2D eigenvalue weighted by Crippen LogP contribution is 2.25. The number of hydrogen-bond acceptors (Lipinski definition) is 3. The van der Waals surface area contributed by atoms with E-state index in [1.165, 1.54) is 11.1 Å². The van der Waals surface area contributed by atoms with Crippen LogP contribution in [-0.4, -0.2) is 20.3 Å². The van der Waals surface area contributed by atoms with Crippen LogP contribution in [0.1, 0.15) is 17.5 Å². The van der Waals surface area contributed by atoms with Crippen molar-refractivity contribution in [1.29, 1.82) is 0 Å². The Kier molecular flexibility index (Phi) is 4.43. The largest absolute Gasteiger partial charge is 0.491 e. The average molecular weight is 209 g/mol. The summed E-state index contributed by atoms with van der Waals surface area (Å²) in [5, 5.41) is 0. The smallest absolute Gasteiger partial charge is 0.142 e. The minimum atomic E-state index is 0.639. The van der Waals surface area contributed by atoms with Crippen LogP contribution in [0.3, 0.4) is 0 Å². The second-order valence-electron chi connectivity index (χ2n) is 3.67. The maximum absolute atomic E-state index is 5.85. The molecule has 0 radical (unpaired) electrons. The quantitative estimate of drug-likeness (QED) is 0.598. The van der Waals surface area contributed by atoms with Gasteiger partial charge < -0.3 is 15.2 Å². The van der Waals surface area contributed by atoms with Crippen LogP contribution in [0, 0.1) is 13.8 Å². The summed E-state index contributed by atoms with van der Waals surface area (Å²) in [6.07, 6.45) is 0.878. The number of benzene rings is 1. The summed E-state index contributed by atoms with van der Waals surface area (Å²) in [6.45, 7) is 5.45. The van der Waals surface area contributed by atoms with E-state index in [1.807, 2.05) is 19.1 Å². The molecule has 2 N–H and O–H groups in total. The van der Waals surface area contributed by atoms with Crippen molar-refractivity contribution in [2.24, 2.45) is 0 Å². The Morgan fingerprint density at radius 3 is 2.47 bits per heavy atom. The summed E-state index contributed by atoms with van der Waals surface area (Å²) >= 11 is 0. The van der Waals surface area contributed by atoms with Crippen LogP contribution >= 0.6 is 0 Å². The van der Waals surface area contributed by atoms with Crippen LogP contribution in [0.15, 0.2) is 12.1 Å². The first-order valence-corrected chi connectivity index (χ1v) is 5.13. The van der Waals surface area contributed by atoms with Gasteiger partial charge in [0.1, 0.15) is 5.75 Å². The van der Waals surface area contributed by atoms with Crippen LogP contribution in [0.25, 0.3) is 0 Å². The number of rotatable bonds is 5. The van der Waals surface area contributed by atoms with Crippen LogP contribution in [0.2, 0.25) is 0 Å². The van der Waals surface area contributed by atoms with Gasteiger partial charge in [-0.3, -0.25) is 0 Å². The van der Waals surface area contributed by atoms with E-state index in [9.17, 15) is 0 Å². The molecule has 0 bridgehead atoms. The predicted molar refractivity (Wildman–Crippen MR) is 62.3 cm³/mol. The first-order valence-electron chi connectivity index (χ1n) is 5.13. The van der Waals surface area contributed by atoms with Gasteiger partial charge in [-0.05, 0) is 37.1 Å². The summed E-state index contributed by atoms with van der Waals surface area (Å²) in [4.78, 5) is 0. The third-order valence-electron chi connectivity index (χ3n) is 2.38. The van der Waals surface area contributed by atoms with Gasteiger partial charge in [0.25, 0.3) is 0 Å². The molecule has 0 saturated carbocycles. The molecule has 0 saturated heterocycles. The van der Waals surface area contributed by atoms with Gasteiger partial charge in [-0.1, -0.05) is 0 Å². The van der Waals surface area contributed by atoms with Crippen molar-refractivity contribution in [2.45, 2.75) is 20.3 Å². The molecule has 0 unspecified atom stereocenters. The number of hydrogen-bond donors (Lipinski definition) is 1.